The quantitative estimate of drug-likeness (QED) is 0.0297. The van der Waals surface area contributed by atoms with Crippen molar-refractivity contribution >= 4 is 35.3 Å². The smallest absolute Gasteiger partial charge is 0.243 e. The highest BCUT2D eigenvalue weighted by Gasteiger charge is 2.34. The Morgan fingerprint density at radius 3 is 0.806 bits per heavy atom. The van der Waals surface area contributed by atoms with Crippen LogP contribution in [0.15, 0.2) is 75.1 Å². The van der Waals surface area contributed by atoms with Crippen molar-refractivity contribution in [2.24, 2.45) is 0 Å². The fraction of sp³-hybridized carbons (Fsp3) is 0.368. The van der Waals surface area contributed by atoms with E-state index >= 15 is 0 Å². The Morgan fingerprint density at radius 1 is 0.387 bits per heavy atom. The molecule has 0 bridgehead atoms. The number of ketones is 1. The summed E-state index contributed by atoms with van der Waals surface area (Å²) in [6, 6.07) is -6.75. The molecule has 6 atom stereocenters. The number of aromatic nitrogens is 12. The number of hydrogen-bond donors (Lipinski definition) is 12. The maximum atomic E-state index is 14.4. The van der Waals surface area contributed by atoms with E-state index in [-0.39, 0.29) is 44.3 Å². The molecule has 6 unspecified atom stereocenters. The highest BCUT2D eigenvalue weighted by Crippen LogP contribution is 2.09. The van der Waals surface area contributed by atoms with Gasteiger partial charge in [-0.25, -0.2) is 29.9 Å². The summed E-state index contributed by atoms with van der Waals surface area (Å²) in [5.74, 6) is -3.71. The van der Waals surface area contributed by atoms with Gasteiger partial charge in [-0.15, -0.1) is 0 Å². The minimum atomic E-state index is -1.32. The van der Waals surface area contributed by atoms with Crippen molar-refractivity contribution in [3.05, 3.63) is 109 Å². The molecule has 0 aromatic carbocycles. The Labute approximate surface area is 353 Å². The number of carbonyl (C=O) groups is 6. The van der Waals surface area contributed by atoms with Crippen LogP contribution in [0.5, 0.6) is 0 Å². The summed E-state index contributed by atoms with van der Waals surface area (Å²) in [6.45, 7) is 1.34. The van der Waals surface area contributed by atoms with Gasteiger partial charge in [-0.2, -0.15) is 0 Å². The third-order valence-electron chi connectivity index (χ3n) is 9.88. The Hall–Kier alpha value is -7.76. The molecule has 0 aliphatic heterocycles. The first-order chi connectivity index (χ1) is 30.0. The van der Waals surface area contributed by atoms with Crippen LogP contribution in [-0.4, -0.2) is 138 Å². The number of nitrogens with zero attached hydrogens (tertiary/aromatic N) is 6. The molecule has 6 aromatic rings. The summed E-state index contributed by atoms with van der Waals surface area (Å²) in [7, 11) is 1.61. The lowest BCUT2D eigenvalue weighted by atomic mass is 10.0. The normalized spacial score (nSPS) is 14.1. The molecule has 326 valence electrons. The van der Waals surface area contributed by atoms with Crippen molar-refractivity contribution in [2.75, 3.05) is 7.05 Å². The number of rotatable bonds is 24. The largest absolute Gasteiger partial charge is 0.348 e. The van der Waals surface area contributed by atoms with E-state index < -0.39 is 65.8 Å². The van der Waals surface area contributed by atoms with Gasteiger partial charge in [0.2, 0.25) is 29.5 Å². The van der Waals surface area contributed by atoms with Crippen molar-refractivity contribution in [3.8, 4) is 0 Å². The molecule has 62 heavy (non-hydrogen) atoms. The first-order valence-corrected chi connectivity index (χ1v) is 19.6. The van der Waals surface area contributed by atoms with Crippen molar-refractivity contribution in [2.45, 2.75) is 81.7 Å². The highest BCUT2D eigenvalue weighted by molar-refractivity contribution is 5.97. The molecule has 5 amide bonds. The van der Waals surface area contributed by atoms with Crippen LogP contribution in [0.1, 0.15) is 41.1 Å². The summed E-state index contributed by atoms with van der Waals surface area (Å²) in [5, 5.41) is 16.8. The van der Waals surface area contributed by atoms with Gasteiger partial charge in [-0.05, 0) is 14.0 Å². The molecule has 0 spiro atoms. The van der Waals surface area contributed by atoms with Gasteiger partial charge in [-0.3, -0.25) is 28.8 Å². The van der Waals surface area contributed by atoms with Crippen LogP contribution < -0.4 is 31.9 Å². The zero-order chi connectivity index (χ0) is 43.8. The maximum Gasteiger partial charge on any atom is 0.243 e. The average Bonchev–Trinajstić information content (AvgIpc) is 4.11. The molecule has 0 saturated heterocycles. The molecule has 24 heteroatoms. The Balaban J connectivity index is 1.22. The average molecular weight is 853 g/mol. The molecule has 0 radical (unpaired) electrons. The highest BCUT2D eigenvalue weighted by atomic mass is 16.2. The number of carbonyl (C=O) groups excluding carboxylic acids is 6. The lowest BCUT2D eigenvalue weighted by Crippen LogP contribution is -2.60. The second kappa shape index (κ2) is 21.5. The number of likely N-dealkylation sites (N-methyl/N-ethyl adjacent to an activating group) is 1. The Morgan fingerprint density at radius 2 is 0.597 bits per heavy atom. The van der Waals surface area contributed by atoms with Gasteiger partial charge >= 0.3 is 0 Å². The summed E-state index contributed by atoms with van der Waals surface area (Å²) in [5.41, 5.74) is 3.31. The van der Waals surface area contributed by atoms with E-state index in [1.807, 2.05) is 0 Å². The van der Waals surface area contributed by atoms with Gasteiger partial charge in [0.15, 0.2) is 5.78 Å². The zero-order valence-electron chi connectivity index (χ0n) is 33.8. The third kappa shape index (κ3) is 12.6. The van der Waals surface area contributed by atoms with Crippen LogP contribution in [0, 0.1) is 0 Å². The summed E-state index contributed by atoms with van der Waals surface area (Å²) >= 11 is 0. The topological polar surface area (TPSA) is 347 Å². The molecule has 12 N–H and O–H groups in total. The standard InChI is InChI=1S/C38H48N18O6/c1-21(57)28(3-22-9-40-15-46-22)52-35(59)30(5-24-11-42-17-48-24)54-37(61)32(7-26-13-44-19-50-26)56-38(62)33(8-27-14-45-20-51-27)55-36(60)31(6-25-12-43-18-49-25)53-34(58)29(39-2)4-23-10-41-16-47-23/h9-20,28-33,39H,3-8H2,1-2H3,(H,40,46)(H,41,47)(H,42,48)(H,43,49)(H,44,50)(H,45,51)(H,52,59)(H,53,58)(H,54,61)(H,55,60)(H,56,62). The molecule has 6 aromatic heterocycles. The predicted octanol–water partition coefficient (Wildman–Crippen LogP) is -2.62. The van der Waals surface area contributed by atoms with Crippen LogP contribution in [0.3, 0.4) is 0 Å². The van der Waals surface area contributed by atoms with Gasteiger partial charge in [0.05, 0.1) is 50.0 Å². The van der Waals surface area contributed by atoms with Crippen molar-refractivity contribution in [1.82, 2.24) is 91.7 Å². The van der Waals surface area contributed by atoms with Gasteiger partial charge in [-0.1, -0.05) is 0 Å². The summed E-state index contributed by atoms with van der Waals surface area (Å²) in [6.07, 6.45) is 17.9. The number of amides is 5. The molecule has 6 heterocycles. The number of imidazole rings is 6. The van der Waals surface area contributed by atoms with Crippen LogP contribution in [0.4, 0.5) is 0 Å². The second-order valence-electron chi connectivity index (χ2n) is 14.4. The maximum absolute atomic E-state index is 14.4. The SMILES string of the molecule is CNC(Cc1cnc[nH]1)C(=O)NC(Cc1cnc[nH]1)C(=O)NC(Cc1cnc[nH]1)C(=O)NC(Cc1cnc[nH]1)C(=O)NC(Cc1cnc[nH]1)C(=O)NC(Cc1cnc[nH]1)C(C)=O. The molecule has 0 saturated carbocycles. The fourth-order valence-corrected chi connectivity index (χ4v) is 6.52. The van der Waals surface area contributed by atoms with E-state index in [4.69, 9.17) is 0 Å². The molecular weight excluding hydrogens is 805 g/mol. The molecule has 0 aliphatic rings. The van der Waals surface area contributed by atoms with Gasteiger partial charge in [0.25, 0.3) is 0 Å². The number of H-pyrrole nitrogens is 6. The second-order valence-corrected chi connectivity index (χ2v) is 14.4. The zero-order valence-corrected chi connectivity index (χ0v) is 33.8. The minimum absolute atomic E-state index is 0.00647. The van der Waals surface area contributed by atoms with Gasteiger partial charge < -0.3 is 61.8 Å². The van der Waals surface area contributed by atoms with E-state index in [9.17, 15) is 28.8 Å². The van der Waals surface area contributed by atoms with E-state index in [1.165, 1.54) is 75.9 Å². The third-order valence-corrected chi connectivity index (χ3v) is 9.88. The minimum Gasteiger partial charge on any atom is -0.348 e. The predicted molar refractivity (Wildman–Crippen MR) is 217 cm³/mol. The van der Waals surface area contributed by atoms with Crippen LogP contribution in [0.2, 0.25) is 0 Å². The van der Waals surface area contributed by atoms with E-state index in [2.05, 4.69) is 91.7 Å². The Bertz CT molecular complexity index is 2290. The van der Waals surface area contributed by atoms with Crippen LogP contribution >= 0.6 is 0 Å². The fourth-order valence-electron chi connectivity index (χ4n) is 6.52. The van der Waals surface area contributed by atoms with E-state index in [0.29, 0.717) is 34.2 Å². The molecular formula is C38H48N18O6. The number of nitrogens with one attached hydrogen (secondary N) is 12. The monoisotopic (exact) mass is 852 g/mol. The van der Waals surface area contributed by atoms with Gasteiger partial charge in [0, 0.05) is 110 Å². The lowest BCUT2D eigenvalue weighted by Gasteiger charge is -2.27. The number of hydrogen-bond acceptors (Lipinski definition) is 13. The first-order valence-electron chi connectivity index (χ1n) is 19.6. The molecule has 0 fully saturated rings. The Kier molecular flexibility index (Phi) is 15.2. The molecule has 24 nitrogen and oxygen atoms in total. The molecule has 6 rings (SSSR count). The number of Topliss-reactive ketones (excluding diaryl/α,β-unsaturated/α-hetero) is 1. The van der Waals surface area contributed by atoms with E-state index in [1.54, 1.807) is 13.2 Å². The lowest BCUT2D eigenvalue weighted by molar-refractivity contribution is -0.135. The summed E-state index contributed by atoms with van der Waals surface area (Å²) < 4.78 is 0. The summed E-state index contributed by atoms with van der Waals surface area (Å²) in [4.78, 5) is 125. The first kappa shape index (κ1) is 43.8. The van der Waals surface area contributed by atoms with E-state index in [0.717, 1.165) is 0 Å². The van der Waals surface area contributed by atoms with Crippen LogP contribution in [-0.2, 0) is 67.3 Å². The molecule has 0 aliphatic carbocycles. The van der Waals surface area contributed by atoms with Crippen molar-refractivity contribution < 1.29 is 28.8 Å². The number of aromatic amines is 6. The van der Waals surface area contributed by atoms with Crippen LogP contribution in [0.25, 0.3) is 0 Å². The van der Waals surface area contributed by atoms with Gasteiger partial charge in [0.1, 0.15) is 24.2 Å². The van der Waals surface area contributed by atoms with Crippen molar-refractivity contribution in [1.29, 1.82) is 0 Å². The van der Waals surface area contributed by atoms with Crippen molar-refractivity contribution in [3.63, 3.8) is 0 Å².